The van der Waals surface area contributed by atoms with Crippen LogP contribution in [0.15, 0.2) is 36.8 Å². The second kappa shape index (κ2) is 7.98. The van der Waals surface area contributed by atoms with Gasteiger partial charge in [0.1, 0.15) is 5.65 Å². The maximum absolute atomic E-state index is 5.63. The van der Waals surface area contributed by atoms with Crippen LogP contribution in [0, 0.1) is 12.8 Å². The van der Waals surface area contributed by atoms with Crippen molar-refractivity contribution in [1.29, 1.82) is 0 Å². The van der Waals surface area contributed by atoms with Crippen LogP contribution in [-0.2, 0) is 18.3 Å². The molecule has 5 aromatic heterocycles. The zero-order valence-corrected chi connectivity index (χ0v) is 20.1. The van der Waals surface area contributed by atoms with Crippen LogP contribution in [0.3, 0.4) is 0 Å². The molecule has 0 amide bonds. The minimum absolute atomic E-state index is 0.550. The highest BCUT2D eigenvalue weighted by Gasteiger charge is 2.25. The van der Waals surface area contributed by atoms with Crippen LogP contribution >= 0.6 is 0 Å². The number of ether oxygens (including phenoxy) is 1. The lowest BCUT2D eigenvalue weighted by Gasteiger charge is -2.23. The summed E-state index contributed by atoms with van der Waals surface area (Å²) in [6.45, 7) is 4.53. The lowest BCUT2D eigenvalue weighted by molar-refractivity contribution is 0.0619. The molecule has 9 nitrogen and oxygen atoms in total. The molecule has 2 aliphatic rings. The molecule has 2 fully saturated rings. The van der Waals surface area contributed by atoms with E-state index in [2.05, 4.69) is 49.1 Å². The molecule has 35 heavy (non-hydrogen) atoms. The van der Waals surface area contributed by atoms with Crippen LogP contribution in [0.1, 0.15) is 37.4 Å². The minimum atomic E-state index is 0.550. The maximum Gasteiger partial charge on any atom is 0.143 e. The van der Waals surface area contributed by atoms with Crippen molar-refractivity contribution in [2.24, 2.45) is 13.0 Å². The standard InChI is InChI=1S/C26H28N8O/c1-16-25(32(2)31-30-16)18-11-23-24(27-12-18)21-5-6-22(19-13-28-34(15-19)20-3-4-20)29-26(21)33(23)14-17-7-9-35-10-8-17/h5-6,11-13,15,17,20H,3-4,7-10,14H2,1-2H3. The van der Waals surface area contributed by atoms with E-state index in [1.165, 1.54) is 12.8 Å². The van der Waals surface area contributed by atoms with E-state index in [0.717, 1.165) is 82.9 Å². The Balaban J connectivity index is 1.40. The highest BCUT2D eigenvalue weighted by Crippen LogP contribution is 2.36. The quantitative estimate of drug-likeness (QED) is 0.382. The van der Waals surface area contributed by atoms with Gasteiger partial charge in [-0.3, -0.25) is 9.67 Å². The molecule has 178 valence electrons. The van der Waals surface area contributed by atoms with Gasteiger partial charge < -0.3 is 9.30 Å². The summed E-state index contributed by atoms with van der Waals surface area (Å²) >= 11 is 0. The Hall–Kier alpha value is -3.59. The van der Waals surface area contributed by atoms with Crippen molar-refractivity contribution in [3.8, 4) is 22.5 Å². The van der Waals surface area contributed by atoms with E-state index in [4.69, 9.17) is 14.7 Å². The Bertz CT molecular complexity index is 1530. The second-order valence-corrected chi connectivity index (χ2v) is 9.91. The number of aryl methyl sites for hydroxylation is 2. The fraction of sp³-hybridized carbons (Fsp3) is 0.423. The van der Waals surface area contributed by atoms with Gasteiger partial charge in [-0.2, -0.15) is 5.10 Å². The van der Waals surface area contributed by atoms with Gasteiger partial charge in [-0.25, -0.2) is 9.67 Å². The predicted molar refractivity (Wildman–Crippen MR) is 133 cm³/mol. The SMILES string of the molecule is Cc1nnn(C)c1-c1cnc2c3ccc(-c4cnn(C5CC5)c4)nc3n(CC3CCOCC3)c2c1. The minimum Gasteiger partial charge on any atom is -0.381 e. The number of fused-ring (bicyclic) bond motifs is 3. The number of pyridine rings is 2. The monoisotopic (exact) mass is 468 g/mol. The average molecular weight is 469 g/mol. The Kier molecular flexibility index (Phi) is 4.73. The molecule has 0 N–H and O–H groups in total. The van der Waals surface area contributed by atoms with Gasteiger partial charge in [0, 0.05) is 55.7 Å². The van der Waals surface area contributed by atoms with Gasteiger partial charge in [-0.15, -0.1) is 5.10 Å². The topological polar surface area (TPSA) is 88.5 Å². The molecule has 0 unspecified atom stereocenters. The Morgan fingerprint density at radius 1 is 1.06 bits per heavy atom. The van der Waals surface area contributed by atoms with Gasteiger partial charge in [0.15, 0.2) is 0 Å². The van der Waals surface area contributed by atoms with E-state index >= 15 is 0 Å². The number of hydrogen-bond donors (Lipinski definition) is 0. The summed E-state index contributed by atoms with van der Waals surface area (Å²) in [6.07, 6.45) is 10.6. The molecule has 1 saturated heterocycles. The fourth-order valence-corrected chi connectivity index (χ4v) is 5.35. The molecule has 0 bridgehead atoms. The van der Waals surface area contributed by atoms with Gasteiger partial charge in [0.05, 0.1) is 40.4 Å². The van der Waals surface area contributed by atoms with E-state index in [1.54, 1.807) is 0 Å². The van der Waals surface area contributed by atoms with Crippen molar-refractivity contribution in [2.45, 2.75) is 45.2 Å². The first-order chi connectivity index (χ1) is 17.2. The van der Waals surface area contributed by atoms with Gasteiger partial charge in [0.25, 0.3) is 0 Å². The fourth-order valence-electron chi connectivity index (χ4n) is 5.35. The third kappa shape index (κ3) is 3.53. The average Bonchev–Trinajstić information content (AvgIpc) is 3.41. The van der Waals surface area contributed by atoms with Gasteiger partial charge in [-0.1, -0.05) is 5.21 Å². The summed E-state index contributed by atoms with van der Waals surface area (Å²) in [5, 5.41) is 14.1. The van der Waals surface area contributed by atoms with Crippen molar-refractivity contribution >= 4 is 22.1 Å². The molecule has 9 heteroatoms. The van der Waals surface area contributed by atoms with Crippen LogP contribution in [0.25, 0.3) is 44.6 Å². The molecule has 0 atom stereocenters. The maximum atomic E-state index is 5.63. The first kappa shape index (κ1) is 20.8. The van der Waals surface area contributed by atoms with Crippen molar-refractivity contribution < 1.29 is 4.74 Å². The van der Waals surface area contributed by atoms with Crippen molar-refractivity contribution in [3.63, 3.8) is 0 Å². The molecular weight excluding hydrogens is 440 g/mol. The van der Waals surface area contributed by atoms with Crippen molar-refractivity contribution in [1.82, 2.24) is 39.3 Å². The van der Waals surface area contributed by atoms with Crippen LogP contribution < -0.4 is 0 Å². The Morgan fingerprint density at radius 3 is 2.69 bits per heavy atom. The van der Waals surface area contributed by atoms with Gasteiger partial charge in [0.2, 0.25) is 0 Å². The number of hydrogen-bond acceptors (Lipinski definition) is 6. The third-order valence-electron chi connectivity index (χ3n) is 7.41. The van der Waals surface area contributed by atoms with E-state index in [9.17, 15) is 0 Å². The summed E-state index contributed by atoms with van der Waals surface area (Å²) in [5.41, 5.74) is 7.98. The number of nitrogens with zero attached hydrogens (tertiary/aromatic N) is 8. The molecule has 6 heterocycles. The van der Waals surface area contributed by atoms with E-state index in [0.29, 0.717) is 12.0 Å². The normalized spacial score (nSPS) is 17.1. The van der Waals surface area contributed by atoms with Crippen LogP contribution in [0.2, 0.25) is 0 Å². The summed E-state index contributed by atoms with van der Waals surface area (Å²) in [6, 6.07) is 7.04. The van der Waals surface area contributed by atoms with Crippen LogP contribution in [0.4, 0.5) is 0 Å². The highest BCUT2D eigenvalue weighted by molar-refractivity contribution is 6.05. The molecule has 7 rings (SSSR count). The number of aromatic nitrogens is 8. The molecule has 5 aromatic rings. The molecule has 0 spiro atoms. The zero-order chi connectivity index (χ0) is 23.5. The van der Waals surface area contributed by atoms with Crippen LogP contribution in [-0.4, -0.2) is 52.5 Å². The summed E-state index contributed by atoms with van der Waals surface area (Å²) in [4.78, 5) is 10.1. The molecule has 0 radical (unpaired) electrons. The Morgan fingerprint density at radius 2 is 1.91 bits per heavy atom. The van der Waals surface area contributed by atoms with Gasteiger partial charge >= 0.3 is 0 Å². The van der Waals surface area contributed by atoms with Crippen molar-refractivity contribution in [3.05, 3.63) is 42.5 Å². The Labute approximate surface area is 202 Å². The molecule has 0 aromatic carbocycles. The molecular formula is C26H28N8O. The third-order valence-corrected chi connectivity index (χ3v) is 7.41. The molecule has 1 aliphatic heterocycles. The van der Waals surface area contributed by atoms with E-state index in [-0.39, 0.29) is 0 Å². The summed E-state index contributed by atoms with van der Waals surface area (Å²) in [5.74, 6) is 0.550. The molecule has 1 aliphatic carbocycles. The smallest absolute Gasteiger partial charge is 0.143 e. The molecule has 1 saturated carbocycles. The second-order valence-electron chi connectivity index (χ2n) is 9.91. The van der Waals surface area contributed by atoms with E-state index < -0.39 is 0 Å². The number of rotatable bonds is 5. The lowest BCUT2D eigenvalue weighted by Crippen LogP contribution is -2.20. The highest BCUT2D eigenvalue weighted by atomic mass is 16.5. The first-order valence-electron chi connectivity index (χ1n) is 12.4. The summed E-state index contributed by atoms with van der Waals surface area (Å²) in [7, 11) is 1.92. The summed E-state index contributed by atoms with van der Waals surface area (Å²) < 4.78 is 11.9. The first-order valence-corrected chi connectivity index (χ1v) is 12.4. The van der Waals surface area contributed by atoms with Crippen LogP contribution in [0.5, 0.6) is 0 Å². The van der Waals surface area contributed by atoms with E-state index in [1.807, 2.05) is 31.0 Å². The van der Waals surface area contributed by atoms with Crippen molar-refractivity contribution in [2.75, 3.05) is 13.2 Å². The largest absolute Gasteiger partial charge is 0.381 e. The predicted octanol–water partition coefficient (Wildman–Crippen LogP) is 4.31. The zero-order valence-electron chi connectivity index (χ0n) is 20.1. The lowest BCUT2D eigenvalue weighted by atomic mass is 10.0. The van der Waals surface area contributed by atoms with Gasteiger partial charge in [-0.05, 0) is 56.7 Å².